The first-order chi connectivity index (χ1) is 11.7. The molecule has 0 atom stereocenters. The Hall–Kier alpha value is -2.82. The van der Waals surface area contributed by atoms with E-state index in [2.05, 4.69) is 24.5 Å². The van der Waals surface area contributed by atoms with Gasteiger partial charge in [0.2, 0.25) is 5.91 Å². The van der Waals surface area contributed by atoms with E-state index in [1.165, 1.54) is 11.3 Å². The highest BCUT2D eigenvalue weighted by atomic mass is 16.2. The zero-order valence-electron chi connectivity index (χ0n) is 14.1. The standard InChI is InChI=1S/C16H15N3O2.C3H8/c20-15-11-19(14-9-5-4-8-13(14)18-15)16(21)17-10-12-6-2-1-3-7-12;1-3-2/h1-9H,10-11H2,(H,17,21)(H,18,20);3H2,1-2H3. The van der Waals surface area contributed by atoms with Crippen LogP contribution in [0.5, 0.6) is 0 Å². The largest absolute Gasteiger partial charge is 0.334 e. The summed E-state index contributed by atoms with van der Waals surface area (Å²) in [5.74, 6) is -0.191. The van der Waals surface area contributed by atoms with E-state index in [4.69, 9.17) is 0 Å². The van der Waals surface area contributed by atoms with Crippen LogP contribution in [0.2, 0.25) is 0 Å². The molecule has 0 aliphatic carbocycles. The molecular weight excluding hydrogens is 302 g/mol. The highest BCUT2D eigenvalue weighted by molar-refractivity contribution is 6.09. The van der Waals surface area contributed by atoms with E-state index in [0.29, 0.717) is 17.9 Å². The Kier molecular flexibility index (Phi) is 6.37. The van der Waals surface area contributed by atoms with Gasteiger partial charge in [0.1, 0.15) is 6.54 Å². The molecule has 24 heavy (non-hydrogen) atoms. The quantitative estimate of drug-likeness (QED) is 0.883. The average molecular weight is 325 g/mol. The second kappa shape index (κ2) is 8.72. The lowest BCUT2D eigenvalue weighted by atomic mass is 10.2. The molecular formula is C19H23N3O2. The smallest absolute Gasteiger partial charge is 0.322 e. The summed E-state index contributed by atoms with van der Waals surface area (Å²) < 4.78 is 0. The number of rotatable bonds is 2. The molecule has 1 heterocycles. The van der Waals surface area contributed by atoms with Crippen molar-refractivity contribution in [3.05, 3.63) is 60.2 Å². The van der Waals surface area contributed by atoms with Crippen molar-refractivity contribution in [3.63, 3.8) is 0 Å². The van der Waals surface area contributed by atoms with Crippen molar-refractivity contribution in [1.29, 1.82) is 0 Å². The summed E-state index contributed by atoms with van der Waals surface area (Å²) in [6.07, 6.45) is 1.25. The van der Waals surface area contributed by atoms with Crippen LogP contribution in [-0.2, 0) is 11.3 Å². The van der Waals surface area contributed by atoms with Crippen LogP contribution in [0.15, 0.2) is 54.6 Å². The second-order valence-electron chi connectivity index (χ2n) is 5.50. The van der Waals surface area contributed by atoms with Gasteiger partial charge in [0.25, 0.3) is 0 Å². The van der Waals surface area contributed by atoms with Crippen LogP contribution in [0.4, 0.5) is 16.2 Å². The molecule has 0 bridgehead atoms. The van der Waals surface area contributed by atoms with Crippen molar-refractivity contribution >= 4 is 23.3 Å². The monoisotopic (exact) mass is 325 g/mol. The van der Waals surface area contributed by atoms with Gasteiger partial charge in [0.05, 0.1) is 11.4 Å². The Balaban J connectivity index is 0.000000647. The fraction of sp³-hybridized carbons (Fsp3) is 0.263. The van der Waals surface area contributed by atoms with Gasteiger partial charge in [-0.15, -0.1) is 0 Å². The normalized spacial score (nSPS) is 12.4. The molecule has 0 radical (unpaired) electrons. The van der Waals surface area contributed by atoms with E-state index in [1.807, 2.05) is 48.5 Å². The number of amides is 3. The van der Waals surface area contributed by atoms with Gasteiger partial charge in [-0.25, -0.2) is 4.79 Å². The van der Waals surface area contributed by atoms with E-state index < -0.39 is 0 Å². The summed E-state index contributed by atoms with van der Waals surface area (Å²) in [4.78, 5) is 25.5. The van der Waals surface area contributed by atoms with E-state index >= 15 is 0 Å². The fourth-order valence-corrected chi connectivity index (χ4v) is 2.28. The summed E-state index contributed by atoms with van der Waals surface area (Å²) in [6, 6.07) is 16.6. The highest BCUT2D eigenvalue weighted by Gasteiger charge is 2.26. The summed E-state index contributed by atoms with van der Waals surface area (Å²) in [5.41, 5.74) is 2.38. The minimum Gasteiger partial charge on any atom is -0.334 e. The Morgan fingerprint density at radius 2 is 1.71 bits per heavy atom. The van der Waals surface area contributed by atoms with Crippen molar-refractivity contribution in [2.24, 2.45) is 0 Å². The molecule has 0 fully saturated rings. The molecule has 0 saturated heterocycles. The van der Waals surface area contributed by atoms with Gasteiger partial charge in [0.15, 0.2) is 0 Å². The maximum absolute atomic E-state index is 12.3. The predicted molar refractivity (Wildman–Crippen MR) is 97.1 cm³/mol. The van der Waals surface area contributed by atoms with Crippen LogP contribution in [0.3, 0.4) is 0 Å². The molecule has 1 aliphatic rings. The molecule has 0 unspecified atom stereocenters. The van der Waals surface area contributed by atoms with Gasteiger partial charge >= 0.3 is 6.03 Å². The third kappa shape index (κ3) is 4.59. The lowest BCUT2D eigenvalue weighted by Gasteiger charge is -2.29. The first kappa shape index (κ1) is 17.5. The maximum atomic E-state index is 12.3. The predicted octanol–water partition coefficient (Wildman–Crippen LogP) is 3.77. The Labute approximate surface area is 142 Å². The SMILES string of the molecule is CCC.O=C1CN(C(=O)NCc2ccccc2)c2ccccc2N1. The fourth-order valence-electron chi connectivity index (χ4n) is 2.28. The van der Waals surface area contributed by atoms with Crippen LogP contribution in [0.1, 0.15) is 25.8 Å². The summed E-state index contributed by atoms with van der Waals surface area (Å²) in [7, 11) is 0. The van der Waals surface area contributed by atoms with Gasteiger partial charge in [0, 0.05) is 6.54 Å². The van der Waals surface area contributed by atoms with E-state index in [9.17, 15) is 9.59 Å². The molecule has 0 aromatic heterocycles. The Morgan fingerprint density at radius 3 is 2.42 bits per heavy atom. The first-order valence-electron chi connectivity index (χ1n) is 8.13. The number of hydrogen-bond acceptors (Lipinski definition) is 2. The molecule has 3 amide bonds. The number of fused-ring (bicyclic) bond motifs is 1. The average Bonchev–Trinajstić information content (AvgIpc) is 2.60. The minimum atomic E-state index is -0.277. The van der Waals surface area contributed by atoms with Crippen molar-refractivity contribution in [2.45, 2.75) is 26.8 Å². The number of nitrogens with zero attached hydrogens (tertiary/aromatic N) is 1. The number of para-hydroxylation sites is 2. The Morgan fingerprint density at radius 1 is 1.08 bits per heavy atom. The molecule has 3 rings (SSSR count). The number of carbonyl (C=O) groups is 2. The van der Waals surface area contributed by atoms with Crippen LogP contribution in [-0.4, -0.2) is 18.5 Å². The lowest BCUT2D eigenvalue weighted by Crippen LogP contribution is -2.46. The van der Waals surface area contributed by atoms with Crippen LogP contribution in [0.25, 0.3) is 0 Å². The second-order valence-corrected chi connectivity index (χ2v) is 5.50. The number of carbonyl (C=O) groups excluding carboxylic acids is 2. The summed E-state index contributed by atoms with van der Waals surface area (Å²) >= 11 is 0. The number of hydrogen-bond donors (Lipinski definition) is 2. The van der Waals surface area contributed by atoms with Gasteiger partial charge in [-0.3, -0.25) is 9.69 Å². The number of benzene rings is 2. The van der Waals surface area contributed by atoms with Crippen LogP contribution < -0.4 is 15.5 Å². The van der Waals surface area contributed by atoms with Crippen molar-refractivity contribution < 1.29 is 9.59 Å². The summed E-state index contributed by atoms with van der Waals surface area (Å²) in [6.45, 7) is 4.71. The third-order valence-electron chi connectivity index (χ3n) is 3.30. The van der Waals surface area contributed by atoms with Crippen LogP contribution in [0, 0.1) is 0 Å². The van der Waals surface area contributed by atoms with Crippen LogP contribution >= 0.6 is 0 Å². The zero-order valence-corrected chi connectivity index (χ0v) is 14.1. The van der Waals surface area contributed by atoms with Gasteiger partial charge in [-0.05, 0) is 17.7 Å². The number of nitrogens with one attached hydrogen (secondary N) is 2. The third-order valence-corrected chi connectivity index (χ3v) is 3.30. The van der Waals surface area contributed by atoms with Gasteiger partial charge < -0.3 is 10.6 Å². The number of anilines is 2. The van der Waals surface area contributed by atoms with Gasteiger partial charge in [-0.2, -0.15) is 0 Å². The Bertz CT molecular complexity index is 686. The minimum absolute atomic E-state index is 0.0254. The van der Waals surface area contributed by atoms with E-state index in [0.717, 1.165) is 5.56 Å². The summed E-state index contributed by atoms with van der Waals surface area (Å²) in [5, 5.41) is 5.60. The van der Waals surface area contributed by atoms with Gasteiger partial charge in [-0.1, -0.05) is 62.7 Å². The molecule has 2 N–H and O–H groups in total. The molecule has 5 nitrogen and oxygen atoms in total. The number of urea groups is 1. The van der Waals surface area contributed by atoms with Crippen molar-refractivity contribution in [2.75, 3.05) is 16.8 Å². The van der Waals surface area contributed by atoms with E-state index in [1.54, 1.807) is 6.07 Å². The first-order valence-corrected chi connectivity index (χ1v) is 8.13. The highest BCUT2D eigenvalue weighted by Crippen LogP contribution is 2.28. The van der Waals surface area contributed by atoms with E-state index in [-0.39, 0.29) is 18.5 Å². The molecule has 0 spiro atoms. The molecule has 0 saturated carbocycles. The topological polar surface area (TPSA) is 61.4 Å². The van der Waals surface area contributed by atoms with Crippen molar-refractivity contribution in [3.8, 4) is 0 Å². The zero-order chi connectivity index (χ0) is 17.4. The van der Waals surface area contributed by atoms with Crippen molar-refractivity contribution in [1.82, 2.24) is 5.32 Å². The molecule has 2 aromatic rings. The lowest BCUT2D eigenvalue weighted by molar-refractivity contribution is -0.115. The molecule has 5 heteroatoms. The molecule has 1 aliphatic heterocycles. The molecule has 2 aromatic carbocycles. The molecule has 126 valence electrons. The maximum Gasteiger partial charge on any atom is 0.322 e.